The Kier molecular flexibility index (Phi) is 6.69. The number of aryl methyl sites for hydroxylation is 2. The van der Waals surface area contributed by atoms with E-state index < -0.39 is 5.97 Å². The number of methoxy groups -OCH3 is 1. The second kappa shape index (κ2) is 8.03. The van der Waals surface area contributed by atoms with Crippen molar-refractivity contribution < 1.29 is 14.6 Å². The molecule has 0 aliphatic rings. The topological polar surface area (TPSA) is 58.6 Å². The molecule has 0 bridgehead atoms. The lowest BCUT2D eigenvalue weighted by molar-refractivity contribution is -0.137. The number of carboxylic acid groups (broad SMARTS) is 1. The van der Waals surface area contributed by atoms with Crippen LogP contribution in [0.15, 0.2) is 12.1 Å². The monoisotopic (exact) mass is 293 g/mol. The van der Waals surface area contributed by atoms with Gasteiger partial charge in [0.1, 0.15) is 5.75 Å². The average Bonchev–Trinajstić information content (AvgIpc) is 2.38. The van der Waals surface area contributed by atoms with Crippen molar-refractivity contribution in [2.24, 2.45) is 5.92 Å². The SMILES string of the molecule is COc1cc(C)c(CC(CC(=O)O)NCC(C)C)c(C)c1. The largest absolute Gasteiger partial charge is 0.497 e. The first-order valence-corrected chi connectivity index (χ1v) is 7.42. The molecule has 118 valence electrons. The highest BCUT2D eigenvalue weighted by atomic mass is 16.5. The maximum absolute atomic E-state index is 11.1. The summed E-state index contributed by atoms with van der Waals surface area (Å²) < 4.78 is 5.27. The Labute approximate surface area is 127 Å². The van der Waals surface area contributed by atoms with Gasteiger partial charge in [0, 0.05) is 6.04 Å². The van der Waals surface area contributed by atoms with Gasteiger partial charge in [0.05, 0.1) is 13.5 Å². The number of carbonyl (C=O) groups is 1. The van der Waals surface area contributed by atoms with Crippen molar-refractivity contribution in [1.29, 1.82) is 0 Å². The molecule has 0 saturated carbocycles. The normalized spacial score (nSPS) is 12.5. The summed E-state index contributed by atoms with van der Waals surface area (Å²) in [6, 6.07) is 3.96. The van der Waals surface area contributed by atoms with Crippen LogP contribution >= 0.6 is 0 Å². The molecule has 0 aliphatic heterocycles. The molecule has 1 aromatic rings. The van der Waals surface area contributed by atoms with Gasteiger partial charge in [-0.1, -0.05) is 13.8 Å². The number of aliphatic carboxylic acids is 1. The van der Waals surface area contributed by atoms with E-state index in [1.807, 2.05) is 26.0 Å². The molecule has 1 rings (SSSR count). The molecule has 0 aromatic heterocycles. The minimum absolute atomic E-state index is 0.0457. The third-order valence-electron chi connectivity index (χ3n) is 3.59. The lowest BCUT2D eigenvalue weighted by Crippen LogP contribution is -2.36. The van der Waals surface area contributed by atoms with Crippen LogP contribution in [0.1, 0.15) is 37.0 Å². The fourth-order valence-electron chi connectivity index (χ4n) is 2.47. The minimum atomic E-state index is -0.764. The van der Waals surface area contributed by atoms with Crippen LogP contribution in [0.2, 0.25) is 0 Å². The van der Waals surface area contributed by atoms with Crippen LogP contribution in [0.5, 0.6) is 5.75 Å². The van der Waals surface area contributed by atoms with E-state index in [0.717, 1.165) is 29.8 Å². The summed E-state index contributed by atoms with van der Waals surface area (Å²) in [5.41, 5.74) is 3.50. The van der Waals surface area contributed by atoms with Gasteiger partial charge < -0.3 is 15.2 Å². The number of benzene rings is 1. The second-order valence-electron chi connectivity index (χ2n) is 6.04. The molecule has 0 fully saturated rings. The lowest BCUT2D eigenvalue weighted by atomic mass is 9.94. The molecule has 21 heavy (non-hydrogen) atoms. The minimum Gasteiger partial charge on any atom is -0.497 e. The predicted octanol–water partition coefficient (Wildman–Crippen LogP) is 2.94. The summed E-state index contributed by atoms with van der Waals surface area (Å²) in [4.78, 5) is 11.1. The lowest BCUT2D eigenvalue weighted by Gasteiger charge is -2.21. The number of rotatable bonds is 8. The number of carboxylic acids is 1. The Balaban J connectivity index is 2.89. The van der Waals surface area contributed by atoms with E-state index in [0.29, 0.717) is 5.92 Å². The predicted molar refractivity (Wildman–Crippen MR) is 85.1 cm³/mol. The number of hydrogen-bond acceptors (Lipinski definition) is 3. The fourth-order valence-corrected chi connectivity index (χ4v) is 2.47. The summed E-state index contributed by atoms with van der Waals surface area (Å²) in [6.45, 7) is 9.16. The molecule has 1 atom stereocenters. The van der Waals surface area contributed by atoms with Crippen LogP contribution in [0.4, 0.5) is 0 Å². The molecule has 1 aromatic carbocycles. The van der Waals surface area contributed by atoms with E-state index in [2.05, 4.69) is 19.2 Å². The molecule has 0 radical (unpaired) electrons. The molecular weight excluding hydrogens is 266 g/mol. The van der Waals surface area contributed by atoms with Crippen molar-refractivity contribution in [3.8, 4) is 5.75 Å². The van der Waals surface area contributed by atoms with E-state index in [1.54, 1.807) is 7.11 Å². The van der Waals surface area contributed by atoms with Crippen LogP contribution in [0.25, 0.3) is 0 Å². The zero-order chi connectivity index (χ0) is 16.0. The van der Waals surface area contributed by atoms with Crippen LogP contribution in [-0.4, -0.2) is 30.8 Å². The first kappa shape index (κ1) is 17.5. The maximum Gasteiger partial charge on any atom is 0.304 e. The highest BCUT2D eigenvalue weighted by Crippen LogP contribution is 2.23. The Morgan fingerprint density at radius 3 is 2.29 bits per heavy atom. The number of nitrogens with one attached hydrogen (secondary N) is 1. The van der Waals surface area contributed by atoms with Gasteiger partial charge in [-0.2, -0.15) is 0 Å². The summed E-state index contributed by atoms with van der Waals surface area (Å²) in [5.74, 6) is 0.582. The van der Waals surface area contributed by atoms with Gasteiger partial charge in [-0.05, 0) is 61.6 Å². The fraction of sp³-hybridized carbons (Fsp3) is 0.588. The number of hydrogen-bond donors (Lipinski definition) is 2. The average molecular weight is 293 g/mol. The van der Waals surface area contributed by atoms with Crippen molar-refractivity contribution >= 4 is 5.97 Å². The maximum atomic E-state index is 11.1. The van der Waals surface area contributed by atoms with Crippen molar-refractivity contribution in [3.63, 3.8) is 0 Å². The molecule has 1 unspecified atom stereocenters. The van der Waals surface area contributed by atoms with E-state index in [4.69, 9.17) is 9.84 Å². The van der Waals surface area contributed by atoms with E-state index in [-0.39, 0.29) is 12.5 Å². The number of ether oxygens (including phenoxy) is 1. The smallest absolute Gasteiger partial charge is 0.304 e. The Bertz CT molecular complexity index is 460. The van der Waals surface area contributed by atoms with Crippen molar-refractivity contribution in [3.05, 3.63) is 28.8 Å². The van der Waals surface area contributed by atoms with Gasteiger partial charge >= 0.3 is 5.97 Å². The second-order valence-corrected chi connectivity index (χ2v) is 6.04. The van der Waals surface area contributed by atoms with Crippen LogP contribution < -0.4 is 10.1 Å². The highest BCUT2D eigenvalue weighted by Gasteiger charge is 2.17. The Hall–Kier alpha value is -1.55. The van der Waals surface area contributed by atoms with Crippen molar-refractivity contribution in [2.75, 3.05) is 13.7 Å². The molecule has 4 nitrogen and oxygen atoms in total. The quantitative estimate of drug-likeness (QED) is 0.773. The summed E-state index contributed by atoms with van der Waals surface area (Å²) in [6.07, 6.45) is 0.859. The Morgan fingerprint density at radius 1 is 1.29 bits per heavy atom. The Morgan fingerprint density at radius 2 is 1.86 bits per heavy atom. The van der Waals surface area contributed by atoms with Gasteiger partial charge in [-0.15, -0.1) is 0 Å². The standard InChI is InChI=1S/C17H27NO3/c1-11(2)10-18-14(9-17(19)20)8-16-12(3)6-15(21-5)7-13(16)4/h6-7,11,14,18H,8-10H2,1-5H3,(H,19,20). The molecule has 4 heteroatoms. The first-order chi connectivity index (χ1) is 9.83. The molecule has 2 N–H and O–H groups in total. The van der Waals surface area contributed by atoms with Gasteiger partial charge in [0.15, 0.2) is 0 Å². The van der Waals surface area contributed by atoms with Gasteiger partial charge in [0.2, 0.25) is 0 Å². The van der Waals surface area contributed by atoms with E-state index >= 15 is 0 Å². The zero-order valence-corrected chi connectivity index (χ0v) is 13.7. The van der Waals surface area contributed by atoms with E-state index in [9.17, 15) is 4.79 Å². The molecule has 0 saturated heterocycles. The van der Waals surface area contributed by atoms with Crippen LogP contribution in [0.3, 0.4) is 0 Å². The first-order valence-electron chi connectivity index (χ1n) is 7.42. The zero-order valence-electron chi connectivity index (χ0n) is 13.7. The van der Waals surface area contributed by atoms with Crippen LogP contribution in [-0.2, 0) is 11.2 Å². The van der Waals surface area contributed by atoms with Crippen LogP contribution in [0, 0.1) is 19.8 Å². The molecule has 0 heterocycles. The third kappa shape index (κ3) is 5.76. The molecule has 0 aliphatic carbocycles. The highest BCUT2D eigenvalue weighted by molar-refractivity contribution is 5.67. The molecule has 0 amide bonds. The molecular formula is C17H27NO3. The third-order valence-corrected chi connectivity index (χ3v) is 3.59. The summed E-state index contributed by atoms with van der Waals surface area (Å²) in [7, 11) is 1.66. The summed E-state index contributed by atoms with van der Waals surface area (Å²) >= 11 is 0. The van der Waals surface area contributed by atoms with Crippen molar-refractivity contribution in [2.45, 2.75) is 46.6 Å². The van der Waals surface area contributed by atoms with E-state index in [1.165, 1.54) is 5.56 Å². The van der Waals surface area contributed by atoms with Gasteiger partial charge in [0.25, 0.3) is 0 Å². The summed E-state index contributed by atoms with van der Waals surface area (Å²) in [5, 5.41) is 12.5. The van der Waals surface area contributed by atoms with Gasteiger partial charge in [-0.3, -0.25) is 4.79 Å². The van der Waals surface area contributed by atoms with Crippen molar-refractivity contribution in [1.82, 2.24) is 5.32 Å². The van der Waals surface area contributed by atoms with Gasteiger partial charge in [-0.25, -0.2) is 0 Å². The molecule has 0 spiro atoms.